The van der Waals surface area contributed by atoms with Crippen LogP contribution in [-0.4, -0.2) is 14.5 Å². The minimum absolute atomic E-state index is 0.0395. The van der Waals surface area contributed by atoms with Crippen molar-refractivity contribution in [3.63, 3.8) is 0 Å². The zero-order chi connectivity index (χ0) is 12.9. The maximum atomic E-state index is 6.21. The van der Waals surface area contributed by atoms with E-state index in [9.17, 15) is 0 Å². The molecule has 2 aromatic heterocycles. The van der Waals surface area contributed by atoms with Crippen LogP contribution in [0.5, 0.6) is 0 Å². The largest absolute Gasteiger partial charge is 0.325 e. The van der Waals surface area contributed by atoms with Gasteiger partial charge in [0.05, 0.1) is 17.4 Å². The summed E-state index contributed by atoms with van der Waals surface area (Å²) in [7, 11) is 0. The lowest BCUT2D eigenvalue weighted by atomic mass is 10.1. The second-order valence-corrected chi connectivity index (χ2v) is 5.76. The average molecular weight is 260 g/mol. The molecule has 3 rings (SSSR count). The second kappa shape index (κ2) is 3.69. The van der Waals surface area contributed by atoms with Crippen LogP contribution in [0.15, 0.2) is 30.6 Å². The third kappa shape index (κ3) is 1.58. The quantitative estimate of drug-likeness (QED) is 0.572. The highest BCUT2D eigenvalue weighted by molar-refractivity contribution is 6.35. The summed E-state index contributed by atoms with van der Waals surface area (Å²) in [5.74, 6) is 0. The van der Waals surface area contributed by atoms with E-state index in [1.54, 1.807) is 0 Å². The molecule has 0 amide bonds. The average Bonchev–Trinajstić information content (AvgIpc) is 2.74. The van der Waals surface area contributed by atoms with Crippen LogP contribution < -0.4 is 0 Å². The Bertz CT molecular complexity index is 738. The second-order valence-electron chi connectivity index (χ2n) is 5.40. The van der Waals surface area contributed by atoms with Crippen molar-refractivity contribution in [3.8, 4) is 0 Å². The molecule has 0 radical (unpaired) electrons. The molecular weight excluding hydrogens is 246 g/mol. The SMILES string of the molecule is CC(C)(C)n1cnc2c(Cl)nc3ccccc3c21. The molecule has 3 nitrogen and oxygen atoms in total. The molecule has 0 aliphatic carbocycles. The normalized spacial score (nSPS) is 12.4. The molecule has 3 aromatic rings. The molecule has 0 bridgehead atoms. The zero-order valence-corrected chi connectivity index (χ0v) is 11.4. The Hall–Kier alpha value is -1.61. The molecule has 0 unspecified atom stereocenters. The van der Waals surface area contributed by atoms with Gasteiger partial charge in [0.1, 0.15) is 5.52 Å². The third-order valence-electron chi connectivity index (χ3n) is 3.06. The van der Waals surface area contributed by atoms with Crippen LogP contribution >= 0.6 is 11.6 Å². The first-order valence-electron chi connectivity index (χ1n) is 5.90. The fraction of sp³-hybridized carbons (Fsp3) is 0.286. The molecule has 0 spiro atoms. The van der Waals surface area contributed by atoms with E-state index in [1.807, 2.05) is 24.5 Å². The van der Waals surface area contributed by atoms with Gasteiger partial charge in [0, 0.05) is 10.9 Å². The Morgan fingerprint density at radius 1 is 1.17 bits per heavy atom. The summed E-state index contributed by atoms with van der Waals surface area (Å²) in [6.07, 6.45) is 1.84. The number of aromatic nitrogens is 3. The Kier molecular flexibility index (Phi) is 2.35. The standard InChI is InChI=1S/C14H14ClN3/c1-14(2,3)18-8-16-11-12(18)9-6-4-5-7-10(9)17-13(11)15/h4-8H,1-3H3. The highest BCUT2D eigenvalue weighted by atomic mass is 35.5. The minimum Gasteiger partial charge on any atom is -0.325 e. The molecule has 1 aromatic carbocycles. The van der Waals surface area contributed by atoms with Gasteiger partial charge in [0.2, 0.25) is 0 Å². The number of rotatable bonds is 0. The van der Waals surface area contributed by atoms with E-state index in [0.717, 1.165) is 21.9 Å². The molecule has 0 aliphatic heterocycles. The van der Waals surface area contributed by atoms with E-state index in [1.165, 1.54) is 0 Å². The summed E-state index contributed by atoms with van der Waals surface area (Å²) in [4.78, 5) is 8.79. The van der Waals surface area contributed by atoms with E-state index < -0.39 is 0 Å². The molecule has 0 fully saturated rings. The lowest BCUT2D eigenvalue weighted by molar-refractivity contribution is 0.409. The number of benzene rings is 1. The molecule has 0 saturated heterocycles. The van der Waals surface area contributed by atoms with E-state index >= 15 is 0 Å². The molecule has 18 heavy (non-hydrogen) atoms. The number of fused-ring (bicyclic) bond motifs is 3. The van der Waals surface area contributed by atoms with Crippen molar-refractivity contribution in [2.24, 2.45) is 0 Å². The topological polar surface area (TPSA) is 30.7 Å². The van der Waals surface area contributed by atoms with E-state index in [4.69, 9.17) is 11.6 Å². The van der Waals surface area contributed by atoms with Crippen LogP contribution in [0, 0.1) is 0 Å². The van der Waals surface area contributed by atoms with Gasteiger partial charge in [-0.2, -0.15) is 0 Å². The molecule has 0 N–H and O–H groups in total. The maximum Gasteiger partial charge on any atom is 0.157 e. The smallest absolute Gasteiger partial charge is 0.157 e. The predicted octanol–water partition coefficient (Wildman–Crippen LogP) is 3.99. The lowest BCUT2D eigenvalue weighted by Gasteiger charge is -2.22. The van der Waals surface area contributed by atoms with Gasteiger partial charge in [0.15, 0.2) is 5.15 Å². The van der Waals surface area contributed by atoms with Gasteiger partial charge >= 0.3 is 0 Å². The fourth-order valence-corrected chi connectivity index (χ4v) is 2.42. The van der Waals surface area contributed by atoms with Gasteiger partial charge in [-0.15, -0.1) is 0 Å². The molecule has 2 heterocycles. The van der Waals surface area contributed by atoms with Crippen LogP contribution in [0.4, 0.5) is 0 Å². The van der Waals surface area contributed by atoms with Crippen molar-refractivity contribution < 1.29 is 0 Å². The number of pyridine rings is 1. The van der Waals surface area contributed by atoms with Crippen molar-refractivity contribution in [1.82, 2.24) is 14.5 Å². The van der Waals surface area contributed by atoms with Crippen LogP contribution in [0.3, 0.4) is 0 Å². The third-order valence-corrected chi connectivity index (χ3v) is 3.33. The van der Waals surface area contributed by atoms with Gasteiger partial charge in [-0.1, -0.05) is 29.8 Å². The monoisotopic (exact) mass is 259 g/mol. The first-order chi connectivity index (χ1) is 8.48. The van der Waals surface area contributed by atoms with Gasteiger partial charge in [-0.05, 0) is 26.8 Å². The zero-order valence-electron chi connectivity index (χ0n) is 10.6. The van der Waals surface area contributed by atoms with Gasteiger partial charge in [-0.3, -0.25) is 0 Å². The Morgan fingerprint density at radius 3 is 2.61 bits per heavy atom. The summed E-state index contributed by atoms with van der Waals surface area (Å²) in [6.45, 7) is 6.45. The van der Waals surface area contributed by atoms with Gasteiger partial charge in [-0.25, -0.2) is 9.97 Å². The summed E-state index contributed by atoms with van der Waals surface area (Å²) in [5.41, 5.74) is 2.69. The summed E-state index contributed by atoms with van der Waals surface area (Å²) < 4.78 is 2.15. The van der Waals surface area contributed by atoms with Crippen molar-refractivity contribution in [2.75, 3.05) is 0 Å². The molecule has 0 aliphatic rings. The number of hydrogen-bond acceptors (Lipinski definition) is 2. The number of imidazole rings is 1. The van der Waals surface area contributed by atoms with Gasteiger partial charge in [0.25, 0.3) is 0 Å². The van der Waals surface area contributed by atoms with Crippen molar-refractivity contribution >= 4 is 33.5 Å². The molecule has 92 valence electrons. The van der Waals surface area contributed by atoms with Crippen LogP contribution in [0.25, 0.3) is 21.9 Å². The highest BCUT2D eigenvalue weighted by Crippen LogP contribution is 2.31. The number of nitrogens with zero attached hydrogens (tertiary/aromatic N) is 3. The fourth-order valence-electron chi connectivity index (χ4n) is 2.20. The van der Waals surface area contributed by atoms with E-state index in [-0.39, 0.29) is 5.54 Å². The van der Waals surface area contributed by atoms with E-state index in [2.05, 4.69) is 41.4 Å². The summed E-state index contributed by atoms with van der Waals surface area (Å²) in [6, 6.07) is 8.01. The Morgan fingerprint density at radius 2 is 1.89 bits per heavy atom. The molecular formula is C14H14ClN3. The predicted molar refractivity (Wildman–Crippen MR) is 75.0 cm³/mol. The molecule has 0 saturated carbocycles. The lowest BCUT2D eigenvalue weighted by Crippen LogP contribution is -2.20. The summed E-state index contributed by atoms with van der Waals surface area (Å²) >= 11 is 6.21. The van der Waals surface area contributed by atoms with Gasteiger partial charge < -0.3 is 4.57 Å². The van der Waals surface area contributed by atoms with Crippen LogP contribution in [0.2, 0.25) is 5.15 Å². The Labute approximate surface area is 110 Å². The van der Waals surface area contributed by atoms with Crippen molar-refractivity contribution in [2.45, 2.75) is 26.3 Å². The van der Waals surface area contributed by atoms with Crippen molar-refractivity contribution in [1.29, 1.82) is 0 Å². The molecule has 0 atom stereocenters. The maximum absolute atomic E-state index is 6.21. The Balaban J connectivity index is 2.56. The van der Waals surface area contributed by atoms with E-state index in [0.29, 0.717) is 5.15 Å². The number of hydrogen-bond donors (Lipinski definition) is 0. The van der Waals surface area contributed by atoms with Crippen molar-refractivity contribution in [3.05, 3.63) is 35.7 Å². The van der Waals surface area contributed by atoms with Crippen LogP contribution in [-0.2, 0) is 5.54 Å². The highest BCUT2D eigenvalue weighted by Gasteiger charge is 2.19. The summed E-state index contributed by atoms with van der Waals surface area (Å²) in [5, 5.41) is 1.55. The minimum atomic E-state index is -0.0395. The number of halogens is 1. The van der Waals surface area contributed by atoms with Crippen LogP contribution in [0.1, 0.15) is 20.8 Å². The first-order valence-corrected chi connectivity index (χ1v) is 6.28. The number of para-hydroxylation sites is 1. The first kappa shape index (κ1) is 11.5. The molecule has 4 heteroatoms.